The Morgan fingerprint density at radius 2 is 2.26 bits per heavy atom. The first-order valence-corrected chi connectivity index (χ1v) is 8.75. The van der Waals surface area contributed by atoms with E-state index in [1.54, 1.807) is 0 Å². The van der Waals surface area contributed by atoms with Crippen molar-refractivity contribution in [3.8, 4) is 0 Å². The van der Waals surface area contributed by atoms with Gasteiger partial charge >= 0.3 is 0 Å². The van der Waals surface area contributed by atoms with Crippen molar-refractivity contribution < 1.29 is 8.42 Å². The smallest absolute Gasteiger partial charge is 0.151 e. The molecular weight excluding hydrogens is 260 g/mol. The summed E-state index contributed by atoms with van der Waals surface area (Å²) in [6, 6.07) is 6.50. The number of fused-ring (bicyclic) bond motifs is 1. The van der Waals surface area contributed by atoms with Gasteiger partial charge < -0.3 is 10.6 Å². The molecule has 1 aromatic rings. The predicted octanol–water partition coefficient (Wildman–Crippen LogP) is 1.32. The fourth-order valence-electron chi connectivity index (χ4n) is 2.94. The van der Waals surface area contributed by atoms with Gasteiger partial charge in [0.15, 0.2) is 9.84 Å². The molecule has 2 heterocycles. The standard InChI is InChI=1S/C14H20N2O2S/c17-19(18)8-6-13(10-19)16-9-12-4-1-3-11-5-2-7-15-14(11)12/h1,3-4,13,15-16H,2,5-10H2. The fourth-order valence-corrected chi connectivity index (χ4v) is 4.65. The highest BCUT2D eigenvalue weighted by molar-refractivity contribution is 7.91. The number of sulfone groups is 1. The number of para-hydroxylation sites is 1. The molecule has 1 atom stereocenters. The lowest BCUT2D eigenvalue weighted by Crippen LogP contribution is -2.30. The molecule has 0 saturated carbocycles. The van der Waals surface area contributed by atoms with E-state index in [4.69, 9.17) is 0 Å². The van der Waals surface area contributed by atoms with Gasteiger partial charge in [-0.15, -0.1) is 0 Å². The molecule has 2 aliphatic heterocycles. The average Bonchev–Trinajstić information content (AvgIpc) is 2.76. The normalized spacial score (nSPS) is 24.7. The van der Waals surface area contributed by atoms with Gasteiger partial charge in [-0.25, -0.2) is 8.42 Å². The molecule has 1 saturated heterocycles. The second-order valence-electron chi connectivity index (χ2n) is 5.46. The molecular formula is C14H20N2O2S. The van der Waals surface area contributed by atoms with Crippen molar-refractivity contribution in [2.24, 2.45) is 0 Å². The summed E-state index contributed by atoms with van der Waals surface area (Å²) in [5.74, 6) is 0.616. The van der Waals surface area contributed by atoms with E-state index in [1.807, 2.05) is 0 Å². The van der Waals surface area contributed by atoms with E-state index in [2.05, 4.69) is 28.8 Å². The van der Waals surface area contributed by atoms with Crippen LogP contribution >= 0.6 is 0 Å². The molecule has 4 nitrogen and oxygen atoms in total. The second-order valence-corrected chi connectivity index (χ2v) is 7.69. The Balaban J connectivity index is 1.67. The molecule has 1 fully saturated rings. The van der Waals surface area contributed by atoms with Gasteiger partial charge in [-0.05, 0) is 30.4 Å². The topological polar surface area (TPSA) is 58.2 Å². The van der Waals surface area contributed by atoms with Crippen LogP contribution in [-0.4, -0.2) is 32.5 Å². The fraction of sp³-hybridized carbons (Fsp3) is 0.571. The Morgan fingerprint density at radius 1 is 1.37 bits per heavy atom. The summed E-state index contributed by atoms with van der Waals surface area (Å²) in [6.45, 7) is 1.78. The van der Waals surface area contributed by atoms with Crippen LogP contribution < -0.4 is 10.6 Å². The number of anilines is 1. The summed E-state index contributed by atoms with van der Waals surface area (Å²) < 4.78 is 22.9. The number of hydrogen-bond donors (Lipinski definition) is 2. The number of nitrogens with one attached hydrogen (secondary N) is 2. The minimum Gasteiger partial charge on any atom is -0.385 e. The molecule has 5 heteroatoms. The molecule has 1 aromatic carbocycles. The Morgan fingerprint density at radius 3 is 3.05 bits per heavy atom. The minimum atomic E-state index is -2.80. The van der Waals surface area contributed by atoms with E-state index >= 15 is 0 Å². The summed E-state index contributed by atoms with van der Waals surface area (Å²) in [5.41, 5.74) is 3.88. The molecule has 0 spiro atoms. The van der Waals surface area contributed by atoms with Crippen LogP contribution in [0, 0.1) is 0 Å². The van der Waals surface area contributed by atoms with Gasteiger partial charge in [0.1, 0.15) is 0 Å². The molecule has 2 N–H and O–H groups in total. The van der Waals surface area contributed by atoms with E-state index in [-0.39, 0.29) is 11.8 Å². The molecule has 2 aliphatic rings. The summed E-state index contributed by atoms with van der Waals surface area (Å²) in [6.07, 6.45) is 3.06. The lowest BCUT2D eigenvalue weighted by Gasteiger charge is -2.22. The zero-order valence-electron chi connectivity index (χ0n) is 11.0. The average molecular weight is 280 g/mol. The third kappa shape index (κ3) is 2.92. The van der Waals surface area contributed by atoms with Crippen molar-refractivity contribution in [3.63, 3.8) is 0 Å². The highest BCUT2D eigenvalue weighted by atomic mass is 32.2. The van der Waals surface area contributed by atoms with Crippen molar-refractivity contribution in [2.75, 3.05) is 23.4 Å². The number of hydrogen-bond acceptors (Lipinski definition) is 4. The molecule has 0 amide bonds. The highest BCUT2D eigenvalue weighted by Gasteiger charge is 2.27. The molecule has 0 radical (unpaired) electrons. The van der Waals surface area contributed by atoms with E-state index in [1.165, 1.54) is 23.2 Å². The highest BCUT2D eigenvalue weighted by Crippen LogP contribution is 2.26. The molecule has 19 heavy (non-hydrogen) atoms. The molecule has 0 bridgehead atoms. The number of benzene rings is 1. The lowest BCUT2D eigenvalue weighted by molar-refractivity contribution is 0.554. The molecule has 3 rings (SSSR count). The van der Waals surface area contributed by atoms with Gasteiger partial charge in [0.2, 0.25) is 0 Å². The van der Waals surface area contributed by atoms with Crippen LogP contribution in [0.25, 0.3) is 0 Å². The maximum absolute atomic E-state index is 11.4. The van der Waals surface area contributed by atoms with Crippen LogP contribution in [0.4, 0.5) is 5.69 Å². The Labute approximate surface area is 114 Å². The van der Waals surface area contributed by atoms with Crippen LogP contribution in [0.2, 0.25) is 0 Å². The SMILES string of the molecule is O=S1(=O)CCC(NCc2cccc3c2NCCC3)C1. The summed E-state index contributed by atoms with van der Waals surface area (Å²) >= 11 is 0. The molecule has 1 unspecified atom stereocenters. The third-order valence-corrected chi connectivity index (χ3v) is 5.74. The third-order valence-electron chi connectivity index (χ3n) is 3.98. The van der Waals surface area contributed by atoms with E-state index < -0.39 is 9.84 Å². The van der Waals surface area contributed by atoms with Crippen LogP contribution in [-0.2, 0) is 22.8 Å². The van der Waals surface area contributed by atoms with Crippen LogP contribution in [0.1, 0.15) is 24.0 Å². The maximum atomic E-state index is 11.4. The van der Waals surface area contributed by atoms with Gasteiger partial charge in [0, 0.05) is 24.8 Å². The van der Waals surface area contributed by atoms with Gasteiger partial charge in [-0.2, -0.15) is 0 Å². The summed E-state index contributed by atoms with van der Waals surface area (Å²) in [5, 5.41) is 6.85. The minimum absolute atomic E-state index is 0.115. The van der Waals surface area contributed by atoms with Gasteiger partial charge in [0.25, 0.3) is 0 Å². The molecule has 0 aliphatic carbocycles. The Kier molecular flexibility index (Phi) is 3.50. The van der Waals surface area contributed by atoms with Gasteiger partial charge in [-0.1, -0.05) is 18.2 Å². The van der Waals surface area contributed by atoms with Crippen LogP contribution in [0.3, 0.4) is 0 Å². The first-order chi connectivity index (χ1) is 9.14. The Bertz CT molecular complexity index is 569. The number of rotatable bonds is 3. The zero-order chi connectivity index (χ0) is 13.3. The van der Waals surface area contributed by atoms with E-state index in [9.17, 15) is 8.42 Å². The first kappa shape index (κ1) is 12.9. The first-order valence-electron chi connectivity index (χ1n) is 6.92. The predicted molar refractivity (Wildman–Crippen MR) is 77.2 cm³/mol. The zero-order valence-corrected chi connectivity index (χ0v) is 11.8. The quantitative estimate of drug-likeness (QED) is 0.877. The largest absolute Gasteiger partial charge is 0.385 e. The van der Waals surface area contributed by atoms with E-state index in [0.717, 1.165) is 25.9 Å². The van der Waals surface area contributed by atoms with Crippen molar-refractivity contribution in [1.29, 1.82) is 0 Å². The van der Waals surface area contributed by atoms with Crippen molar-refractivity contribution in [3.05, 3.63) is 29.3 Å². The lowest BCUT2D eigenvalue weighted by atomic mass is 9.99. The van der Waals surface area contributed by atoms with Gasteiger partial charge in [0.05, 0.1) is 11.5 Å². The van der Waals surface area contributed by atoms with Crippen LogP contribution in [0.5, 0.6) is 0 Å². The molecule has 0 aromatic heterocycles. The van der Waals surface area contributed by atoms with E-state index in [0.29, 0.717) is 5.75 Å². The van der Waals surface area contributed by atoms with Gasteiger partial charge in [-0.3, -0.25) is 0 Å². The Hall–Kier alpha value is -1.07. The summed E-state index contributed by atoms with van der Waals surface area (Å²) in [4.78, 5) is 0. The molecule has 104 valence electrons. The second kappa shape index (κ2) is 5.13. The maximum Gasteiger partial charge on any atom is 0.151 e. The van der Waals surface area contributed by atoms with Crippen molar-refractivity contribution in [1.82, 2.24) is 5.32 Å². The van der Waals surface area contributed by atoms with Crippen molar-refractivity contribution in [2.45, 2.75) is 31.8 Å². The number of aryl methyl sites for hydroxylation is 1. The summed E-state index contributed by atoms with van der Waals surface area (Å²) in [7, 11) is -2.80. The van der Waals surface area contributed by atoms with Crippen molar-refractivity contribution >= 4 is 15.5 Å². The monoisotopic (exact) mass is 280 g/mol. The van der Waals surface area contributed by atoms with Crippen LogP contribution in [0.15, 0.2) is 18.2 Å².